The van der Waals surface area contributed by atoms with Crippen LogP contribution in [0.2, 0.25) is 0 Å². The van der Waals surface area contributed by atoms with Crippen LogP contribution in [0.1, 0.15) is 40.2 Å². The fraction of sp³-hybridized carbons (Fsp3) is 0.550. The number of carbonyl (C=O) groups excluding carboxylic acids is 3. The molecule has 1 fully saturated rings. The van der Waals surface area contributed by atoms with E-state index in [0.717, 1.165) is 5.56 Å². The second kappa shape index (κ2) is 9.32. The Bertz CT molecular complexity index is 702. The van der Waals surface area contributed by atoms with Crippen molar-refractivity contribution in [3.8, 4) is 0 Å². The molecule has 28 heavy (non-hydrogen) atoms. The first-order valence-corrected chi connectivity index (χ1v) is 10.2. The highest BCUT2D eigenvalue weighted by atomic mass is 32.2. The molecule has 0 radical (unpaired) electrons. The summed E-state index contributed by atoms with van der Waals surface area (Å²) in [5.74, 6) is -0.567. The number of nitrogens with zero attached hydrogens (tertiary/aromatic N) is 1. The molecule has 0 saturated carbocycles. The summed E-state index contributed by atoms with van der Waals surface area (Å²) >= 11 is 1.22. The minimum absolute atomic E-state index is 0.122. The Morgan fingerprint density at radius 2 is 1.89 bits per heavy atom. The number of ether oxygens (including phenoxy) is 2. The lowest BCUT2D eigenvalue weighted by Crippen LogP contribution is -2.49. The van der Waals surface area contributed by atoms with Gasteiger partial charge in [-0.2, -0.15) is 0 Å². The van der Waals surface area contributed by atoms with Crippen molar-refractivity contribution in [2.45, 2.75) is 58.9 Å². The predicted octanol–water partition coefficient (Wildman–Crippen LogP) is 3.14. The van der Waals surface area contributed by atoms with Crippen molar-refractivity contribution in [3.05, 3.63) is 35.9 Å². The largest absolute Gasteiger partial charge is 0.458 e. The lowest BCUT2D eigenvalue weighted by molar-refractivity contribution is -0.163. The molecule has 2 amide bonds. The maximum absolute atomic E-state index is 12.8. The van der Waals surface area contributed by atoms with Crippen LogP contribution in [0.25, 0.3) is 0 Å². The summed E-state index contributed by atoms with van der Waals surface area (Å²) in [4.78, 5) is 37.4. The van der Waals surface area contributed by atoms with Gasteiger partial charge in [0.05, 0.1) is 0 Å². The van der Waals surface area contributed by atoms with Crippen molar-refractivity contribution >= 4 is 29.9 Å². The van der Waals surface area contributed by atoms with Gasteiger partial charge in [0.25, 0.3) is 5.91 Å². The van der Waals surface area contributed by atoms with Crippen LogP contribution in [0, 0.1) is 5.92 Å². The second-order valence-electron chi connectivity index (χ2n) is 7.94. The highest BCUT2D eigenvalue weighted by molar-refractivity contribution is 7.98. The molecule has 1 aromatic rings. The van der Waals surface area contributed by atoms with E-state index in [-0.39, 0.29) is 18.4 Å². The van der Waals surface area contributed by atoms with Crippen LogP contribution in [-0.2, 0) is 25.7 Å². The molecular weight excluding hydrogens is 380 g/mol. The smallest absolute Gasteiger partial charge is 0.408 e. The van der Waals surface area contributed by atoms with E-state index in [0.29, 0.717) is 5.75 Å². The topological polar surface area (TPSA) is 84.9 Å². The van der Waals surface area contributed by atoms with Gasteiger partial charge in [-0.1, -0.05) is 44.2 Å². The van der Waals surface area contributed by atoms with Gasteiger partial charge in [-0.25, -0.2) is 9.59 Å². The van der Waals surface area contributed by atoms with Gasteiger partial charge in [0.15, 0.2) is 0 Å². The van der Waals surface area contributed by atoms with E-state index in [2.05, 4.69) is 5.32 Å². The van der Waals surface area contributed by atoms with Crippen LogP contribution in [0.5, 0.6) is 0 Å². The molecule has 0 spiro atoms. The Balaban J connectivity index is 1.94. The maximum atomic E-state index is 12.8. The number of rotatable bonds is 6. The fourth-order valence-electron chi connectivity index (χ4n) is 2.67. The van der Waals surface area contributed by atoms with Gasteiger partial charge in [-0.05, 0) is 44.2 Å². The average molecular weight is 409 g/mol. The van der Waals surface area contributed by atoms with Gasteiger partial charge in [0, 0.05) is 5.75 Å². The molecular formula is C20H28N2O5S. The zero-order chi connectivity index (χ0) is 20.9. The van der Waals surface area contributed by atoms with Crippen molar-refractivity contribution in [1.82, 2.24) is 9.62 Å². The van der Waals surface area contributed by atoms with Gasteiger partial charge in [0.2, 0.25) is 0 Å². The number of nitrogens with one attached hydrogen (secondary N) is 1. The van der Waals surface area contributed by atoms with Gasteiger partial charge >= 0.3 is 12.1 Å². The first kappa shape index (κ1) is 22.1. The van der Waals surface area contributed by atoms with E-state index in [1.807, 2.05) is 44.2 Å². The van der Waals surface area contributed by atoms with Crippen LogP contribution in [0.15, 0.2) is 30.3 Å². The lowest BCUT2D eigenvalue weighted by Gasteiger charge is -2.31. The van der Waals surface area contributed by atoms with Crippen molar-refractivity contribution in [1.29, 1.82) is 0 Å². The molecule has 1 aliphatic heterocycles. The standard InChI is InChI=1S/C20H28N2O5S/c1-13(2)16(18(24)27-20(3,4)5)22-17(23)15(12-28-22)21-19(25)26-11-14-9-7-6-8-10-14/h6-10,13,15-16H,11-12H2,1-5H3,(H,21,25)/t15-,16+/m0/s1. The molecule has 1 heterocycles. The lowest BCUT2D eigenvalue weighted by atomic mass is 10.0. The minimum Gasteiger partial charge on any atom is -0.458 e. The zero-order valence-corrected chi connectivity index (χ0v) is 17.7. The molecule has 1 N–H and O–H groups in total. The number of amides is 2. The summed E-state index contributed by atoms with van der Waals surface area (Å²) in [7, 11) is 0. The number of alkyl carbamates (subject to hydrolysis) is 1. The minimum atomic E-state index is -0.739. The quantitative estimate of drug-likeness (QED) is 0.575. The second-order valence-corrected chi connectivity index (χ2v) is 8.93. The summed E-state index contributed by atoms with van der Waals surface area (Å²) in [6.45, 7) is 9.20. The van der Waals surface area contributed by atoms with Gasteiger partial charge < -0.3 is 14.8 Å². The Kier molecular flexibility index (Phi) is 7.35. The molecule has 1 saturated heterocycles. The van der Waals surface area contributed by atoms with Crippen molar-refractivity contribution in [2.24, 2.45) is 5.92 Å². The van der Waals surface area contributed by atoms with Crippen LogP contribution in [0.4, 0.5) is 4.79 Å². The third-order valence-electron chi connectivity index (χ3n) is 3.93. The van der Waals surface area contributed by atoms with Gasteiger partial charge in [-0.3, -0.25) is 9.10 Å². The van der Waals surface area contributed by atoms with Crippen molar-refractivity contribution in [3.63, 3.8) is 0 Å². The van der Waals surface area contributed by atoms with Crippen LogP contribution >= 0.6 is 11.9 Å². The van der Waals surface area contributed by atoms with E-state index in [4.69, 9.17) is 9.47 Å². The molecule has 0 aliphatic carbocycles. The number of benzene rings is 1. The van der Waals surface area contributed by atoms with Gasteiger partial charge in [0.1, 0.15) is 24.3 Å². The molecule has 7 nitrogen and oxygen atoms in total. The summed E-state index contributed by atoms with van der Waals surface area (Å²) in [5.41, 5.74) is 0.215. The van der Waals surface area contributed by atoms with E-state index >= 15 is 0 Å². The molecule has 8 heteroatoms. The number of hydrogen-bond donors (Lipinski definition) is 1. The first-order chi connectivity index (χ1) is 13.1. The predicted molar refractivity (Wildman–Crippen MR) is 107 cm³/mol. The van der Waals surface area contributed by atoms with Crippen molar-refractivity contribution < 1.29 is 23.9 Å². The number of hydrogen-bond acceptors (Lipinski definition) is 6. The molecule has 0 aromatic heterocycles. The van der Waals surface area contributed by atoms with E-state index in [9.17, 15) is 14.4 Å². The Labute approximate surface area is 170 Å². The Hall–Kier alpha value is -2.22. The maximum Gasteiger partial charge on any atom is 0.408 e. The highest BCUT2D eigenvalue weighted by Crippen LogP contribution is 2.30. The van der Waals surface area contributed by atoms with E-state index < -0.39 is 29.7 Å². The average Bonchev–Trinajstić information content (AvgIpc) is 2.93. The third-order valence-corrected chi connectivity index (χ3v) is 5.10. The number of esters is 1. The third kappa shape index (κ3) is 6.15. The SMILES string of the molecule is CC(C)[C@H](C(=O)OC(C)(C)C)N1SC[C@H](NC(=O)OCc2ccccc2)C1=O. The molecule has 0 bridgehead atoms. The molecule has 2 atom stereocenters. The van der Waals surface area contributed by atoms with Crippen molar-refractivity contribution in [2.75, 3.05) is 5.75 Å². The van der Waals surface area contributed by atoms with Crippen LogP contribution in [0.3, 0.4) is 0 Å². The highest BCUT2D eigenvalue weighted by Gasteiger charge is 2.43. The normalized spacial score (nSPS) is 18.1. The van der Waals surface area contributed by atoms with Gasteiger partial charge in [-0.15, -0.1) is 0 Å². The molecule has 1 aromatic carbocycles. The summed E-state index contributed by atoms with van der Waals surface area (Å²) in [5, 5.41) is 2.58. The molecule has 2 rings (SSSR count). The fourth-order valence-corrected chi connectivity index (χ4v) is 3.95. The zero-order valence-electron chi connectivity index (χ0n) is 16.9. The molecule has 1 aliphatic rings. The monoisotopic (exact) mass is 408 g/mol. The van der Waals surface area contributed by atoms with Crippen LogP contribution < -0.4 is 5.32 Å². The first-order valence-electron chi connectivity index (χ1n) is 9.24. The molecule has 154 valence electrons. The summed E-state index contributed by atoms with van der Waals surface area (Å²) in [6, 6.07) is 7.82. The Morgan fingerprint density at radius 1 is 1.25 bits per heavy atom. The van der Waals surface area contributed by atoms with Crippen LogP contribution in [-0.4, -0.2) is 45.7 Å². The summed E-state index contributed by atoms with van der Waals surface area (Å²) in [6.07, 6.45) is -0.664. The van der Waals surface area contributed by atoms with E-state index in [1.165, 1.54) is 16.3 Å². The Morgan fingerprint density at radius 3 is 2.46 bits per heavy atom. The van der Waals surface area contributed by atoms with E-state index in [1.54, 1.807) is 20.8 Å². The summed E-state index contributed by atoms with van der Waals surface area (Å²) < 4.78 is 12.1. The molecule has 0 unspecified atom stereocenters. The number of carbonyl (C=O) groups is 3.